The summed E-state index contributed by atoms with van der Waals surface area (Å²) in [5.74, 6) is 0.236. The molecular weight excluding hydrogens is 496 g/mol. The van der Waals surface area contributed by atoms with Crippen molar-refractivity contribution in [3.8, 4) is 22.9 Å². The van der Waals surface area contributed by atoms with Crippen molar-refractivity contribution in [1.29, 1.82) is 5.26 Å². The smallest absolute Gasteiger partial charge is 0.410 e. The van der Waals surface area contributed by atoms with Crippen LogP contribution in [0.2, 0.25) is 5.02 Å². The third-order valence-corrected chi connectivity index (χ3v) is 6.86. The summed E-state index contributed by atoms with van der Waals surface area (Å²) >= 11 is 6.72. The summed E-state index contributed by atoms with van der Waals surface area (Å²) in [4.78, 5) is 29.6. The molecule has 2 aliphatic rings. The first-order valence-electron chi connectivity index (χ1n) is 12.0. The molecule has 0 unspecified atom stereocenters. The van der Waals surface area contributed by atoms with Gasteiger partial charge in [-0.05, 0) is 44.5 Å². The molecule has 0 radical (unpaired) electrons. The Morgan fingerprint density at radius 1 is 1.22 bits per heavy atom. The Morgan fingerprint density at radius 3 is 2.73 bits per heavy atom. The molecule has 2 N–H and O–H groups in total. The van der Waals surface area contributed by atoms with Crippen molar-refractivity contribution in [3.63, 3.8) is 0 Å². The number of carbonyl (C=O) groups is 2. The molecule has 0 aliphatic carbocycles. The fourth-order valence-corrected chi connectivity index (χ4v) is 5.14. The average molecular weight is 523 g/mol. The number of carbonyl (C=O) groups excluding carboxylic acids is 2. The summed E-state index contributed by atoms with van der Waals surface area (Å²) in [5.41, 5.74) is 7.62. The van der Waals surface area contributed by atoms with Gasteiger partial charge in [-0.25, -0.2) is 4.79 Å². The van der Waals surface area contributed by atoms with Gasteiger partial charge in [0.25, 0.3) is 5.91 Å². The van der Waals surface area contributed by atoms with E-state index in [1.165, 1.54) is 0 Å². The molecule has 2 amide bonds. The van der Waals surface area contributed by atoms with E-state index in [2.05, 4.69) is 6.07 Å². The minimum Gasteiger partial charge on any atom is -0.493 e. The van der Waals surface area contributed by atoms with Crippen molar-refractivity contribution in [2.75, 3.05) is 32.0 Å². The van der Waals surface area contributed by atoms with E-state index in [-0.39, 0.29) is 29.5 Å². The van der Waals surface area contributed by atoms with Crippen LogP contribution in [-0.4, -0.2) is 59.7 Å². The number of piperazine rings is 1. The minimum atomic E-state index is -0.595. The monoisotopic (exact) mass is 522 g/mol. The fraction of sp³-hybridized carbons (Fsp3) is 0.370. The van der Waals surface area contributed by atoms with Gasteiger partial charge in [0.1, 0.15) is 28.6 Å². The lowest BCUT2D eigenvalue weighted by Gasteiger charge is -2.42. The molecular formula is C27H27ClN4O5. The summed E-state index contributed by atoms with van der Waals surface area (Å²) in [6, 6.07) is 10.6. The number of hydrogen-bond acceptors (Lipinski definition) is 7. The molecule has 10 heteroatoms. The van der Waals surface area contributed by atoms with E-state index in [1.54, 1.807) is 34.1 Å². The highest BCUT2D eigenvalue weighted by Crippen LogP contribution is 2.42. The van der Waals surface area contributed by atoms with Gasteiger partial charge in [-0.15, -0.1) is 0 Å². The molecule has 1 atom stereocenters. The maximum Gasteiger partial charge on any atom is 0.410 e. The van der Waals surface area contributed by atoms with Crippen LogP contribution < -0.4 is 10.5 Å². The largest absolute Gasteiger partial charge is 0.493 e. The van der Waals surface area contributed by atoms with Crippen LogP contribution in [0, 0.1) is 11.3 Å². The van der Waals surface area contributed by atoms with E-state index < -0.39 is 5.60 Å². The van der Waals surface area contributed by atoms with Crippen LogP contribution in [0.3, 0.4) is 0 Å². The van der Waals surface area contributed by atoms with Gasteiger partial charge in [0.05, 0.1) is 18.2 Å². The Bertz CT molecular complexity index is 1450. The summed E-state index contributed by atoms with van der Waals surface area (Å²) < 4.78 is 17.1. The standard InChI is InChI=1S/C27H27ClN4O5/c1-27(2,3)37-26(34)31-8-9-32-15(14-31)7-10-35-22-12-17(20(28)11-18(22)25(32)33)16-5-4-6-21-23(16)19(13-29)24(30)36-21/h4-6,11-12,15H,7-10,14,30H2,1-3H3/t15-/m0/s1. The summed E-state index contributed by atoms with van der Waals surface area (Å²) in [6.45, 7) is 6.94. The molecule has 3 aromatic rings. The molecule has 192 valence electrons. The zero-order valence-electron chi connectivity index (χ0n) is 20.8. The molecule has 2 aliphatic heterocycles. The number of halogens is 1. The highest BCUT2D eigenvalue weighted by atomic mass is 35.5. The number of fused-ring (bicyclic) bond motifs is 3. The number of furan rings is 1. The zero-order valence-corrected chi connectivity index (χ0v) is 21.6. The average Bonchev–Trinajstić information content (AvgIpc) is 3.17. The van der Waals surface area contributed by atoms with Gasteiger partial charge in [0.2, 0.25) is 5.88 Å². The van der Waals surface area contributed by atoms with E-state index in [1.807, 2.05) is 26.8 Å². The number of amides is 2. The van der Waals surface area contributed by atoms with E-state index in [4.69, 9.17) is 31.2 Å². The first kappa shape index (κ1) is 24.8. The van der Waals surface area contributed by atoms with Crippen LogP contribution in [-0.2, 0) is 4.74 Å². The number of nitriles is 1. The van der Waals surface area contributed by atoms with Gasteiger partial charge in [-0.3, -0.25) is 4.79 Å². The molecule has 3 heterocycles. The molecule has 5 rings (SSSR count). The Labute approximate surface area is 219 Å². The number of benzene rings is 2. The van der Waals surface area contributed by atoms with Crippen molar-refractivity contribution in [2.45, 2.75) is 38.8 Å². The molecule has 1 aromatic heterocycles. The van der Waals surface area contributed by atoms with Gasteiger partial charge in [-0.1, -0.05) is 23.7 Å². The quantitative estimate of drug-likeness (QED) is 0.474. The van der Waals surface area contributed by atoms with Crippen LogP contribution in [0.1, 0.15) is 43.1 Å². The van der Waals surface area contributed by atoms with Gasteiger partial charge < -0.3 is 29.4 Å². The molecule has 9 nitrogen and oxygen atoms in total. The molecule has 37 heavy (non-hydrogen) atoms. The Kier molecular flexibility index (Phi) is 6.16. The summed E-state index contributed by atoms with van der Waals surface area (Å²) in [7, 11) is 0. The highest BCUT2D eigenvalue weighted by Gasteiger charge is 2.37. The van der Waals surface area contributed by atoms with Crippen LogP contribution in [0.25, 0.3) is 22.1 Å². The molecule has 0 spiro atoms. The Morgan fingerprint density at radius 2 is 2.00 bits per heavy atom. The predicted molar refractivity (Wildman–Crippen MR) is 139 cm³/mol. The van der Waals surface area contributed by atoms with Crippen LogP contribution in [0.4, 0.5) is 10.7 Å². The summed E-state index contributed by atoms with van der Waals surface area (Å²) in [5, 5.41) is 10.5. The van der Waals surface area contributed by atoms with Gasteiger partial charge in [0, 0.05) is 42.0 Å². The molecule has 1 saturated heterocycles. The first-order valence-corrected chi connectivity index (χ1v) is 12.4. The lowest BCUT2D eigenvalue weighted by atomic mass is 9.96. The zero-order chi connectivity index (χ0) is 26.5. The third kappa shape index (κ3) is 4.53. The van der Waals surface area contributed by atoms with Gasteiger partial charge >= 0.3 is 6.09 Å². The number of hydrogen-bond donors (Lipinski definition) is 1. The lowest BCUT2D eigenvalue weighted by Crippen LogP contribution is -2.58. The third-order valence-electron chi connectivity index (χ3n) is 6.55. The van der Waals surface area contributed by atoms with Crippen molar-refractivity contribution in [2.24, 2.45) is 0 Å². The van der Waals surface area contributed by atoms with E-state index >= 15 is 0 Å². The number of ether oxygens (including phenoxy) is 2. The van der Waals surface area contributed by atoms with E-state index in [0.29, 0.717) is 71.1 Å². The van der Waals surface area contributed by atoms with Crippen LogP contribution >= 0.6 is 11.6 Å². The van der Waals surface area contributed by atoms with E-state index in [0.717, 1.165) is 0 Å². The van der Waals surface area contributed by atoms with Crippen LogP contribution in [0.5, 0.6) is 5.75 Å². The molecule has 1 fully saturated rings. The lowest BCUT2D eigenvalue weighted by molar-refractivity contribution is 0.00109. The van der Waals surface area contributed by atoms with Crippen molar-refractivity contribution >= 4 is 40.5 Å². The first-order chi connectivity index (χ1) is 17.6. The van der Waals surface area contributed by atoms with Crippen molar-refractivity contribution in [1.82, 2.24) is 9.80 Å². The Hall–Kier alpha value is -3.90. The molecule has 0 saturated carbocycles. The van der Waals surface area contributed by atoms with Gasteiger partial charge in [-0.2, -0.15) is 5.26 Å². The normalized spacial score (nSPS) is 17.8. The highest BCUT2D eigenvalue weighted by molar-refractivity contribution is 6.34. The minimum absolute atomic E-state index is 0.0373. The maximum atomic E-state index is 13.6. The molecule has 2 aromatic carbocycles. The predicted octanol–water partition coefficient (Wildman–Crippen LogP) is 5.05. The number of rotatable bonds is 1. The fourth-order valence-electron chi connectivity index (χ4n) is 4.87. The number of nitrogens with two attached hydrogens (primary N) is 1. The van der Waals surface area contributed by atoms with Crippen molar-refractivity contribution < 1.29 is 23.5 Å². The van der Waals surface area contributed by atoms with Crippen molar-refractivity contribution in [3.05, 3.63) is 46.5 Å². The number of nitrogen functional groups attached to an aromatic ring is 1. The molecule has 0 bridgehead atoms. The van der Waals surface area contributed by atoms with Gasteiger partial charge in [0.15, 0.2) is 0 Å². The summed E-state index contributed by atoms with van der Waals surface area (Å²) in [6.07, 6.45) is 0.163. The Balaban J connectivity index is 1.48. The number of nitrogens with zero attached hydrogens (tertiary/aromatic N) is 3. The SMILES string of the molecule is CC(C)(C)OC(=O)N1CCN2C(=O)c3cc(Cl)c(-c4cccc5oc(N)c(C#N)c45)cc3OCC[C@H]2C1. The maximum absolute atomic E-state index is 13.6. The van der Waals surface area contributed by atoms with Crippen LogP contribution in [0.15, 0.2) is 34.7 Å². The number of anilines is 1. The second kappa shape index (κ2) is 9.20. The second-order valence-corrected chi connectivity index (χ2v) is 10.6. The topological polar surface area (TPSA) is 122 Å². The van der Waals surface area contributed by atoms with E-state index in [9.17, 15) is 14.9 Å². The second-order valence-electron chi connectivity index (χ2n) is 10.2.